The fraction of sp³-hybridized carbons (Fsp3) is 0.562. The summed E-state index contributed by atoms with van der Waals surface area (Å²) in [5, 5.41) is 3.81. The van der Waals surface area contributed by atoms with E-state index in [9.17, 15) is 4.79 Å². The van der Waals surface area contributed by atoms with Gasteiger partial charge in [0.1, 0.15) is 5.75 Å². The second-order valence-corrected chi connectivity index (χ2v) is 6.69. The average Bonchev–Trinajstić information content (AvgIpc) is 2.54. The van der Waals surface area contributed by atoms with Crippen LogP contribution in [0, 0.1) is 0 Å². The molecule has 23 heavy (non-hydrogen) atoms. The van der Waals surface area contributed by atoms with Crippen molar-refractivity contribution in [3.8, 4) is 5.75 Å². The Labute approximate surface area is 146 Å². The van der Waals surface area contributed by atoms with Crippen molar-refractivity contribution in [2.24, 2.45) is 0 Å². The largest absolute Gasteiger partial charge is 0.484 e. The molecule has 1 fully saturated rings. The number of amides is 1. The summed E-state index contributed by atoms with van der Waals surface area (Å²) in [6.07, 6.45) is 1.79. The molecular formula is C16H22Cl2N2O3. The van der Waals surface area contributed by atoms with Gasteiger partial charge in [-0.1, -0.05) is 23.2 Å². The van der Waals surface area contributed by atoms with Crippen molar-refractivity contribution in [2.75, 3.05) is 40.5 Å². The number of hydrogen-bond acceptors (Lipinski definition) is 4. The normalized spacial score (nSPS) is 17.1. The Morgan fingerprint density at radius 1 is 1.30 bits per heavy atom. The molecule has 128 valence electrons. The minimum Gasteiger partial charge on any atom is -0.484 e. The smallest absolute Gasteiger partial charge is 0.258 e. The molecule has 1 aromatic rings. The molecule has 0 bridgehead atoms. The van der Waals surface area contributed by atoms with Crippen molar-refractivity contribution in [3.05, 3.63) is 28.2 Å². The maximum absolute atomic E-state index is 12.0. The molecule has 0 unspecified atom stereocenters. The molecule has 0 atom stereocenters. The van der Waals surface area contributed by atoms with E-state index < -0.39 is 0 Å². The van der Waals surface area contributed by atoms with Gasteiger partial charge in [-0.25, -0.2) is 0 Å². The second-order valence-electron chi connectivity index (χ2n) is 5.87. The highest BCUT2D eigenvalue weighted by atomic mass is 35.5. The number of carbonyl (C=O) groups is 1. The number of nitrogens with zero attached hydrogens (tertiary/aromatic N) is 1. The van der Waals surface area contributed by atoms with Crippen LogP contribution in [0.4, 0.5) is 0 Å². The number of carbonyl (C=O) groups excluding carboxylic acids is 1. The molecule has 2 rings (SSSR count). The van der Waals surface area contributed by atoms with Crippen LogP contribution >= 0.6 is 23.2 Å². The molecule has 1 N–H and O–H groups in total. The molecule has 1 aliphatic heterocycles. The highest BCUT2D eigenvalue weighted by molar-refractivity contribution is 6.42. The van der Waals surface area contributed by atoms with E-state index >= 15 is 0 Å². The number of nitrogens with one attached hydrogen (secondary N) is 1. The van der Waals surface area contributed by atoms with Crippen molar-refractivity contribution >= 4 is 29.1 Å². The molecule has 0 spiro atoms. The summed E-state index contributed by atoms with van der Waals surface area (Å²) in [5.74, 6) is 0.353. The number of hydrogen-bond donors (Lipinski definition) is 1. The molecule has 0 aliphatic carbocycles. The summed E-state index contributed by atoms with van der Waals surface area (Å²) in [6, 6.07) is 4.92. The zero-order valence-corrected chi connectivity index (χ0v) is 14.9. The van der Waals surface area contributed by atoms with Crippen LogP contribution in [0.5, 0.6) is 5.75 Å². The molecule has 1 heterocycles. The Morgan fingerprint density at radius 2 is 2.00 bits per heavy atom. The monoisotopic (exact) mass is 360 g/mol. The minimum absolute atomic E-state index is 0.0576. The molecule has 1 aromatic carbocycles. The number of rotatable bonds is 6. The van der Waals surface area contributed by atoms with Gasteiger partial charge >= 0.3 is 0 Å². The Morgan fingerprint density at radius 3 is 2.61 bits per heavy atom. The van der Waals surface area contributed by atoms with Crippen molar-refractivity contribution in [3.63, 3.8) is 0 Å². The highest BCUT2D eigenvalue weighted by Gasteiger charge is 2.35. The summed E-state index contributed by atoms with van der Waals surface area (Å²) >= 11 is 11.8. The predicted molar refractivity (Wildman–Crippen MR) is 91.4 cm³/mol. The molecule has 1 aliphatic rings. The lowest BCUT2D eigenvalue weighted by Gasteiger charge is -2.42. The lowest BCUT2D eigenvalue weighted by atomic mass is 9.88. The maximum atomic E-state index is 12.0. The molecule has 5 nitrogen and oxygen atoms in total. The van der Waals surface area contributed by atoms with Gasteiger partial charge in [0.2, 0.25) is 0 Å². The Kier molecular flexibility index (Phi) is 6.53. The first-order valence-electron chi connectivity index (χ1n) is 7.53. The Hall–Kier alpha value is -1.01. The number of ether oxygens (including phenoxy) is 2. The van der Waals surface area contributed by atoms with Crippen molar-refractivity contribution in [1.29, 1.82) is 0 Å². The van der Waals surface area contributed by atoms with Crippen LogP contribution in [-0.4, -0.2) is 56.8 Å². The first-order valence-corrected chi connectivity index (χ1v) is 8.28. The summed E-state index contributed by atoms with van der Waals surface area (Å²) in [5.41, 5.74) is -0.0580. The van der Waals surface area contributed by atoms with Crippen molar-refractivity contribution in [2.45, 2.75) is 18.4 Å². The van der Waals surface area contributed by atoms with Gasteiger partial charge in [-0.3, -0.25) is 4.79 Å². The predicted octanol–water partition coefficient (Wildman–Crippen LogP) is 2.60. The third kappa shape index (κ3) is 4.98. The van der Waals surface area contributed by atoms with Crippen LogP contribution in [0.3, 0.4) is 0 Å². The quantitative estimate of drug-likeness (QED) is 0.846. The van der Waals surface area contributed by atoms with Gasteiger partial charge in [-0.15, -0.1) is 0 Å². The average molecular weight is 361 g/mol. The summed E-state index contributed by atoms with van der Waals surface area (Å²) in [4.78, 5) is 14.2. The van der Waals surface area contributed by atoms with Gasteiger partial charge in [0.25, 0.3) is 5.91 Å². The molecule has 7 heteroatoms. The van der Waals surface area contributed by atoms with E-state index in [2.05, 4.69) is 10.2 Å². The van der Waals surface area contributed by atoms with Gasteiger partial charge in [-0.2, -0.15) is 0 Å². The van der Waals surface area contributed by atoms with E-state index in [-0.39, 0.29) is 18.1 Å². The first kappa shape index (κ1) is 18.3. The lowest BCUT2D eigenvalue weighted by molar-refractivity contribution is -0.124. The SMILES string of the molecule is CN(C)C1(CNC(=O)COc2ccc(Cl)c(Cl)c2)CCOCC1. The van der Waals surface area contributed by atoms with Crippen LogP contribution in [-0.2, 0) is 9.53 Å². The van der Waals surface area contributed by atoms with E-state index in [1.807, 2.05) is 14.1 Å². The standard InChI is InChI=1S/C16H22Cl2N2O3/c1-20(2)16(5-7-22-8-6-16)11-19-15(21)10-23-12-3-4-13(17)14(18)9-12/h3-4,9H,5-8,10-11H2,1-2H3,(H,19,21). The maximum Gasteiger partial charge on any atom is 0.258 e. The Bertz CT molecular complexity index is 546. The van der Waals surface area contributed by atoms with E-state index in [0.29, 0.717) is 35.6 Å². The van der Waals surface area contributed by atoms with Crippen molar-refractivity contribution in [1.82, 2.24) is 10.2 Å². The third-order valence-electron chi connectivity index (χ3n) is 4.25. The van der Waals surface area contributed by atoms with E-state index in [1.54, 1.807) is 18.2 Å². The zero-order valence-electron chi connectivity index (χ0n) is 13.4. The fourth-order valence-electron chi connectivity index (χ4n) is 2.56. The van der Waals surface area contributed by atoms with Crippen LogP contribution in [0.1, 0.15) is 12.8 Å². The van der Waals surface area contributed by atoms with Crippen LogP contribution in [0.2, 0.25) is 10.0 Å². The number of benzene rings is 1. The van der Waals surface area contributed by atoms with Crippen molar-refractivity contribution < 1.29 is 14.3 Å². The first-order chi connectivity index (χ1) is 10.9. The minimum atomic E-state index is -0.163. The van der Waals surface area contributed by atoms with E-state index in [0.717, 1.165) is 12.8 Å². The number of halogens is 2. The molecule has 0 radical (unpaired) electrons. The second kappa shape index (κ2) is 8.20. The van der Waals surface area contributed by atoms with E-state index in [4.69, 9.17) is 32.7 Å². The van der Waals surface area contributed by atoms with Gasteiger partial charge in [0, 0.05) is 31.4 Å². The third-order valence-corrected chi connectivity index (χ3v) is 4.99. The fourth-order valence-corrected chi connectivity index (χ4v) is 2.85. The highest BCUT2D eigenvalue weighted by Crippen LogP contribution is 2.26. The zero-order chi connectivity index (χ0) is 16.9. The van der Waals surface area contributed by atoms with Crippen LogP contribution in [0.15, 0.2) is 18.2 Å². The summed E-state index contributed by atoms with van der Waals surface area (Å²) in [7, 11) is 4.06. The molecule has 0 aromatic heterocycles. The van der Waals surface area contributed by atoms with Gasteiger partial charge in [-0.05, 0) is 39.1 Å². The van der Waals surface area contributed by atoms with E-state index in [1.165, 1.54) is 0 Å². The molecule has 1 saturated heterocycles. The molecule has 1 amide bonds. The summed E-state index contributed by atoms with van der Waals surface area (Å²) < 4.78 is 10.9. The topological polar surface area (TPSA) is 50.8 Å². The molecule has 0 saturated carbocycles. The van der Waals surface area contributed by atoms with Crippen LogP contribution < -0.4 is 10.1 Å². The summed E-state index contributed by atoms with van der Waals surface area (Å²) in [6.45, 7) is 1.95. The van der Waals surface area contributed by atoms with Gasteiger partial charge in [0.15, 0.2) is 6.61 Å². The lowest BCUT2D eigenvalue weighted by Crippen LogP contribution is -2.56. The van der Waals surface area contributed by atoms with Gasteiger partial charge < -0.3 is 19.7 Å². The molecular weight excluding hydrogens is 339 g/mol. The van der Waals surface area contributed by atoms with Gasteiger partial charge in [0.05, 0.1) is 10.0 Å². The Balaban J connectivity index is 1.83. The number of likely N-dealkylation sites (N-methyl/N-ethyl adjacent to an activating group) is 1. The van der Waals surface area contributed by atoms with Crippen LogP contribution in [0.25, 0.3) is 0 Å².